The zero-order valence-electron chi connectivity index (χ0n) is 21.3. The number of carbonyl (C=O) groups excluding carboxylic acids is 2. The first-order valence-corrected chi connectivity index (χ1v) is 13.5. The molecule has 3 N–H and O–H groups in total. The van der Waals surface area contributed by atoms with Gasteiger partial charge in [0.05, 0.1) is 0 Å². The minimum atomic E-state index is -0.587. The van der Waals surface area contributed by atoms with Gasteiger partial charge in [-0.05, 0) is 73.9 Å². The smallest absolute Gasteiger partial charge is 0.256 e. The van der Waals surface area contributed by atoms with Crippen molar-refractivity contribution >= 4 is 29.0 Å². The largest absolute Gasteiger partial charge is 0.382 e. The monoisotopic (exact) mass is 525 g/mol. The van der Waals surface area contributed by atoms with E-state index in [4.69, 9.17) is 10.7 Å². The molecule has 2 amide bonds. The number of nitrogens with one attached hydrogen (secondary N) is 1. The lowest BCUT2D eigenvalue weighted by Crippen LogP contribution is -2.41. The highest BCUT2D eigenvalue weighted by atomic mass is 19.1. The van der Waals surface area contributed by atoms with Gasteiger partial charge >= 0.3 is 0 Å². The summed E-state index contributed by atoms with van der Waals surface area (Å²) in [5, 5.41) is 2.78. The van der Waals surface area contributed by atoms with Gasteiger partial charge in [0.25, 0.3) is 5.91 Å². The quantitative estimate of drug-likeness (QED) is 0.396. The molecule has 2 atom stereocenters. The minimum Gasteiger partial charge on any atom is -0.382 e. The number of hydrogen-bond acceptors (Lipinski definition) is 6. The molecule has 2 saturated heterocycles. The molecule has 3 aliphatic rings. The van der Waals surface area contributed by atoms with Crippen LogP contribution >= 0.6 is 0 Å². The third-order valence-electron chi connectivity index (χ3n) is 8.25. The maximum Gasteiger partial charge on any atom is 0.256 e. The topological polar surface area (TPSA) is 119 Å². The van der Waals surface area contributed by atoms with Gasteiger partial charge in [-0.2, -0.15) is 0 Å². The number of halogens is 1. The molecule has 1 aliphatic carbocycles. The molecule has 198 valence electrons. The predicted octanol–water partition coefficient (Wildman–Crippen LogP) is 4.51. The number of nitrogen functional groups attached to an aromatic ring is 1. The summed E-state index contributed by atoms with van der Waals surface area (Å²) in [7, 11) is 0. The SMILES string of the molecule is Nc1nccn2c(C3CCC4CCC(=O)N4C3)nc(-c3ccc(C(=O)Nc4cc(C5CC5)ccn4)cc3F)c12. The van der Waals surface area contributed by atoms with Crippen molar-refractivity contribution in [2.75, 3.05) is 17.6 Å². The first-order valence-electron chi connectivity index (χ1n) is 13.5. The third kappa shape index (κ3) is 4.20. The van der Waals surface area contributed by atoms with Gasteiger partial charge in [0.15, 0.2) is 0 Å². The second kappa shape index (κ2) is 9.14. The van der Waals surface area contributed by atoms with E-state index in [-0.39, 0.29) is 28.8 Å². The van der Waals surface area contributed by atoms with Crippen molar-refractivity contribution in [3.63, 3.8) is 0 Å². The van der Waals surface area contributed by atoms with Crippen LogP contribution in [0.3, 0.4) is 0 Å². The molecular formula is C29H28FN7O2. The van der Waals surface area contributed by atoms with Crippen LogP contribution in [0.4, 0.5) is 16.0 Å². The lowest BCUT2D eigenvalue weighted by Gasteiger charge is -2.34. The summed E-state index contributed by atoms with van der Waals surface area (Å²) >= 11 is 0. The van der Waals surface area contributed by atoms with Crippen LogP contribution < -0.4 is 11.1 Å². The van der Waals surface area contributed by atoms with Gasteiger partial charge < -0.3 is 16.0 Å². The summed E-state index contributed by atoms with van der Waals surface area (Å²) in [6, 6.07) is 8.47. The van der Waals surface area contributed by atoms with Crippen LogP contribution in [0, 0.1) is 5.82 Å². The van der Waals surface area contributed by atoms with Crippen molar-refractivity contribution in [2.24, 2.45) is 0 Å². The van der Waals surface area contributed by atoms with Crippen molar-refractivity contribution in [1.29, 1.82) is 0 Å². The van der Waals surface area contributed by atoms with Crippen LogP contribution in [0.25, 0.3) is 16.8 Å². The van der Waals surface area contributed by atoms with Crippen LogP contribution in [-0.4, -0.2) is 48.7 Å². The zero-order chi connectivity index (χ0) is 26.7. The van der Waals surface area contributed by atoms with Gasteiger partial charge in [-0.25, -0.2) is 19.3 Å². The van der Waals surface area contributed by atoms with Crippen molar-refractivity contribution in [3.8, 4) is 11.3 Å². The molecule has 0 radical (unpaired) electrons. The normalized spacial score (nSPS) is 20.8. The fourth-order valence-corrected chi connectivity index (χ4v) is 6.06. The molecule has 9 nitrogen and oxygen atoms in total. The van der Waals surface area contributed by atoms with E-state index in [1.54, 1.807) is 30.7 Å². The van der Waals surface area contributed by atoms with E-state index in [9.17, 15) is 9.59 Å². The average Bonchev–Trinajstić information content (AvgIpc) is 3.63. The van der Waals surface area contributed by atoms with E-state index in [1.165, 1.54) is 6.07 Å². The summed E-state index contributed by atoms with van der Waals surface area (Å²) in [6.45, 7) is 0.585. The number of hydrogen-bond donors (Lipinski definition) is 2. The van der Waals surface area contributed by atoms with Crippen molar-refractivity contribution in [1.82, 2.24) is 24.3 Å². The first-order chi connectivity index (χ1) is 19.0. The van der Waals surface area contributed by atoms with Gasteiger partial charge in [-0.3, -0.25) is 14.0 Å². The second-order valence-electron chi connectivity index (χ2n) is 10.8. The average molecular weight is 526 g/mol. The number of aromatic nitrogens is 4. The number of amides is 2. The number of pyridine rings is 1. The summed E-state index contributed by atoms with van der Waals surface area (Å²) in [6.07, 6.45) is 10.6. The Morgan fingerprint density at radius 3 is 2.69 bits per heavy atom. The highest BCUT2D eigenvalue weighted by molar-refractivity contribution is 6.04. The molecule has 2 aliphatic heterocycles. The second-order valence-corrected chi connectivity index (χ2v) is 10.8. The Morgan fingerprint density at radius 2 is 1.87 bits per heavy atom. The Kier molecular flexibility index (Phi) is 5.57. The number of imidazole rings is 1. The molecule has 0 spiro atoms. The predicted molar refractivity (Wildman–Crippen MR) is 144 cm³/mol. The van der Waals surface area contributed by atoms with Gasteiger partial charge in [-0.15, -0.1) is 0 Å². The Hall–Kier alpha value is -4.34. The molecule has 4 aromatic rings. The number of benzene rings is 1. The number of fused-ring (bicyclic) bond motifs is 2. The maximum atomic E-state index is 15.6. The van der Waals surface area contributed by atoms with Crippen molar-refractivity contribution in [2.45, 2.75) is 56.4 Å². The van der Waals surface area contributed by atoms with E-state index in [2.05, 4.69) is 15.3 Å². The first kappa shape index (κ1) is 23.8. The number of anilines is 2. The van der Waals surface area contributed by atoms with Crippen LogP contribution in [0.5, 0.6) is 0 Å². The van der Waals surface area contributed by atoms with Crippen molar-refractivity contribution in [3.05, 3.63) is 71.7 Å². The summed E-state index contributed by atoms with van der Waals surface area (Å²) in [4.78, 5) is 40.6. The van der Waals surface area contributed by atoms with Crippen LogP contribution in [0.1, 0.15) is 72.1 Å². The molecular weight excluding hydrogens is 497 g/mol. The Bertz CT molecular complexity index is 1630. The number of carbonyl (C=O) groups is 2. The molecule has 7 rings (SSSR count). The standard InChI is InChI=1S/C29H28FN7O2/c30-22-13-18(29(39)34-23-14-17(9-10-32-23)16-1-2-16)4-7-21(22)25-26-27(31)33-11-12-36(26)28(35-25)19-3-5-20-6-8-24(38)37(20)15-19/h4,7,9-14,16,19-20H,1-3,5-6,8,15H2,(H2,31,33)(H,32,34,39). The number of nitrogens with two attached hydrogens (primary N) is 1. The molecule has 3 fully saturated rings. The van der Waals surface area contributed by atoms with Gasteiger partial charge in [0.1, 0.15) is 34.5 Å². The molecule has 0 bridgehead atoms. The lowest BCUT2D eigenvalue weighted by atomic mass is 9.92. The molecule has 1 saturated carbocycles. The van der Waals surface area contributed by atoms with E-state index >= 15 is 4.39 Å². The molecule has 2 unspecified atom stereocenters. The Labute approximate surface area is 224 Å². The summed E-state index contributed by atoms with van der Waals surface area (Å²) in [5.41, 5.74) is 8.71. The van der Waals surface area contributed by atoms with Gasteiger partial charge in [0, 0.05) is 54.6 Å². The fourth-order valence-electron chi connectivity index (χ4n) is 6.06. The van der Waals surface area contributed by atoms with Gasteiger partial charge in [0.2, 0.25) is 5.91 Å². The Morgan fingerprint density at radius 1 is 1.03 bits per heavy atom. The minimum absolute atomic E-state index is 0.00151. The fraction of sp³-hybridized carbons (Fsp3) is 0.345. The number of piperidine rings is 1. The molecule has 3 aromatic heterocycles. The van der Waals surface area contributed by atoms with E-state index in [0.29, 0.717) is 42.0 Å². The van der Waals surface area contributed by atoms with Crippen LogP contribution in [-0.2, 0) is 4.79 Å². The summed E-state index contributed by atoms with van der Waals surface area (Å²) < 4.78 is 17.5. The third-order valence-corrected chi connectivity index (χ3v) is 8.25. The van der Waals surface area contributed by atoms with E-state index < -0.39 is 11.7 Å². The highest BCUT2D eigenvalue weighted by Crippen LogP contribution is 2.41. The maximum absolute atomic E-state index is 15.6. The van der Waals surface area contributed by atoms with Crippen LogP contribution in [0.2, 0.25) is 0 Å². The molecule has 39 heavy (non-hydrogen) atoms. The molecule has 5 heterocycles. The highest BCUT2D eigenvalue weighted by Gasteiger charge is 2.38. The molecule has 1 aromatic carbocycles. The van der Waals surface area contributed by atoms with Crippen LogP contribution in [0.15, 0.2) is 48.9 Å². The van der Waals surface area contributed by atoms with E-state index in [0.717, 1.165) is 43.5 Å². The molecule has 10 heteroatoms. The summed E-state index contributed by atoms with van der Waals surface area (Å²) in [5.74, 6) is 1.10. The zero-order valence-corrected chi connectivity index (χ0v) is 21.3. The Balaban J connectivity index is 1.20. The number of rotatable bonds is 5. The number of nitrogens with zero attached hydrogens (tertiary/aromatic N) is 5. The van der Waals surface area contributed by atoms with Crippen molar-refractivity contribution < 1.29 is 14.0 Å². The van der Waals surface area contributed by atoms with E-state index in [1.807, 2.05) is 21.4 Å². The van der Waals surface area contributed by atoms with Gasteiger partial charge in [-0.1, -0.05) is 0 Å². The lowest BCUT2D eigenvalue weighted by molar-refractivity contribution is -0.130.